The van der Waals surface area contributed by atoms with Gasteiger partial charge in [0.05, 0.1) is 23.7 Å². The molecular weight excluding hydrogens is 234 g/mol. The molecule has 1 heterocycles. The van der Waals surface area contributed by atoms with E-state index in [2.05, 4.69) is 10.2 Å². The van der Waals surface area contributed by atoms with E-state index < -0.39 is 5.97 Å². The van der Waals surface area contributed by atoms with E-state index in [0.29, 0.717) is 11.1 Å². The number of amides is 1. The smallest absolute Gasteiger partial charge is 0.305 e. The summed E-state index contributed by atoms with van der Waals surface area (Å²) in [5.74, 6) is -1.14. The normalized spacial score (nSPS) is 10.5. The molecule has 18 heavy (non-hydrogen) atoms. The molecule has 2 aromatic rings. The number of carbonyl (C=O) groups excluding carboxylic acids is 1. The van der Waals surface area contributed by atoms with E-state index >= 15 is 0 Å². The number of nitrogens with zero attached hydrogens (tertiary/aromatic N) is 2. The molecule has 1 amide bonds. The van der Waals surface area contributed by atoms with Gasteiger partial charge in [0, 0.05) is 19.0 Å². The first-order valence-corrected chi connectivity index (χ1v) is 5.49. The maximum atomic E-state index is 12.2. The number of carboxylic acids is 1. The van der Waals surface area contributed by atoms with Crippen molar-refractivity contribution in [1.82, 2.24) is 15.1 Å². The van der Waals surface area contributed by atoms with E-state index in [4.69, 9.17) is 5.11 Å². The highest BCUT2D eigenvalue weighted by molar-refractivity contribution is 6.05. The van der Waals surface area contributed by atoms with Crippen molar-refractivity contribution in [1.29, 1.82) is 0 Å². The van der Waals surface area contributed by atoms with E-state index in [1.54, 1.807) is 25.4 Å². The quantitative estimate of drug-likeness (QED) is 0.847. The van der Waals surface area contributed by atoms with Crippen LogP contribution in [0, 0.1) is 0 Å². The van der Waals surface area contributed by atoms with Gasteiger partial charge in [-0.25, -0.2) is 0 Å². The number of fused-ring (bicyclic) bond motifs is 1. The number of carbonyl (C=O) groups is 2. The number of hydrogen-bond donors (Lipinski definition) is 2. The summed E-state index contributed by atoms with van der Waals surface area (Å²) < 4.78 is 0. The van der Waals surface area contributed by atoms with Crippen molar-refractivity contribution in [3.05, 3.63) is 30.0 Å². The number of aromatic nitrogens is 2. The summed E-state index contributed by atoms with van der Waals surface area (Å²) in [5, 5.41) is 16.1. The highest BCUT2D eigenvalue weighted by atomic mass is 16.4. The zero-order valence-electron chi connectivity index (χ0n) is 9.88. The Morgan fingerprint density at radius 1 is 1.44 bits per heavy atom. The molecule has 0 spiro atoms. The Balaban J connectivity index is 2.22. The average molecular weight is 247 g/mol. The third-order valence-electron chi connectivity index (χ3n) is 2.71. The molecule has 1 aromatic heterocycles. The van der Waals surface area contributed by atoms with Crippen molar-refractivity contribution in [2.45, 2.75) is 6.42 Å². The molecule has 6 nitrogen and oxygen atoms in total. The van der Waals surface area contributed by atoms with Gasteiger partial charge in [-0.3, -0.25) is 14.7 Å². The van der Waals surface area contributed by atoms with Crippen LogP contribution in [0.4, 0.5) is 0 Å². The van der Waals surface area contributed by atoms with Crippen LogP contribution in [0.1, 0.15) is 16.8 Å². The molecule has 6 heteroatoms. The highest BCUT2D eigenvalue weighted by Gasteiger charge is 2.16. The second-order valence-corrected chi connectivity index (χ2v) is 4.01. The van der Waals surface area contributed by atoms with Gasteiger partial charge >= 0.3 is 5.97 Å². The number of carboxylic acid groups (broad SMARTS) is 1. The molecule has 2 rings (SSSR count). The topological polar surface area (TPSA) is 86.3 Å². The second kappa shape index (κ2) is 4.87. The van der Waals surface area contributed by atoms with Crippen LogP contribution in [-0.4, -0.2) is 45.7 Å². The van der Waals surface area contributed by atoms with E-state index in [1.165, 1.54) is 4.90 Å². The van der Waals surface area contributed by atoms with Gasteiger partial charge in [0.2, 0.25) is 0 Å². The Morgan fingerprint density at radius 2 is 2.22 bits per heavy atom. The van der Waals surface area contributed by atoms with E-state index in [-0.39, 0.29) is 18.9 Å². The molecule has 94 valence electrons. The minimum atomic E-state index is -0.922. The Hall–Kier alpha value is -2.37. The van der Waals surface area contributed by atoms with Crippen LogP contribution < -0.4 is 0 Å². The predicted octanol–water partition coefficient (Wildman–Crippen LogP) is 1.11. The molecule has 0 radical (unpaired) electrons. The number of para-hydroxylation sites is 1. The largest absolute Gasteiger partial charge is 0.481 e. The summed E-state index contributed by atoms with van der Waals surface area (Å²) in [6.07, 6.45) is 1.57. The molecule has 0 unspecified atom stereocenters. The third kappa shape index (κ3) is 2.32. The molecule has 2 N–H and O–H groups in total. The lowest BCUT2D eigenvalue weighted by Crippen LogP contribution is -2.29. The highest BCUT2D eigenvalue weighted by Crippen LogP contribution is 2.17. The van der Waals surface area contributed by atoms with Gasteiger partial charge in [-0.1, -0.05) is 12.1 Å². The van der Waals surface area contributed by atoms with Crippen LogP contribution in [0.3, 0.4) is 0 Å². The van der Waals surface area contributed by atoms with Crippen molar-refractivity contribution in [3.8, 4) is 0 Å². The Kier molecular flexibility index (Phi) is 3.27. The van der Waals surface area contributed by atoms with Gasteiger partial charge in [-0.05, 0) is 6.07 Å². The van der Waals surface area contributed by atoms with Crippen molar-refractivity contribution in [2.24, 2.45) is 0 Å². The Bertz CT molecular complexity index is 591. The maximum Gasteiger partial charge on any atom is 0.305 e. The van der Waals surface area contributed by atoms with Crippen LogP contribution in [0.5, 0.6) is 0 Å². The van der Waals surface area contributed by atoms with E-state index in [9.17, 15) is 9.59 Å². The van der Waals surface area contributed by atoms with Gasteiger partial charge in [-0.15, -0.1) is 0 Å². The zero-order valence-corrected chi connectivity index (χ0v) is 9.88. The van der Waals surface area contributed by atoms with Crippen molar-refractivity contribution in [3.63, 3.8) is 0 Å². The summed E-state index contributed by atoms with van der Waals surface area (Å²) in [7, 11) is 1.58. The fraction of sp³-hybridized carbons (Fsp3) is 0.250. The summed E-state index contributed by atoms with van der Waals surface area (Å²) >= 11 is 0. The van der Waals surface area contributed by atoms with Gasteiger partial charge in [0.25, 0.3) is 5.91 Å². The Labute approximate surface area is 103 Å². The number of H-pyrrole nitrogens is 1. The van der Waals surface area contributed by atoms with Gasteiger partial charge < -0.3 is 10.0 Å². The number of rotatable bonds is 4. The first kappa shape index (κ1) is 12.1. The van der Waals surface area contributed by atoms with Gasteiger partial charge in [0.15, 0.2) is 0 Å². The van der Waals surface area contributed by atoms with Gasteiger partial charge in [0.1, 0.15) is 0 Å². The lowest BCUT2D eigenvalue weighted by molar-refractivity contribution is -0.137. The molecule has 0 atom stereocenters. The molecular formula is C12H13N3O3. The number of nitrogens with one attached hydrogen (secondary N) is 1. The number of aliphatic carboxylic acids is 1. The van der Waals surface area contributed by atoms with Crippen LogP contribution in [0.2, 0.25) is 0 Å². The summed E-state index contributed by atoms with van der Waals surface area (Å²) in [6.45, 7) is 0.179. The van der Waals surface area contributed by atoms with Crippen molar-refractivity contribution >= 4 is 22.8 Å². The molecule has 0 aliphatic carbocycles. The zero-order chi connectivity index (χ0) is 13.1. The van der Waals surface area contributed by atoms with Crippen LogP contribution in [0.25, 0.3) is 10.9 Å². The van der Waals surface area contributed by atoms with Gasteiger partial charge in [-0.2, -0.15) is 5.10 Å². The fourth-order valence-corrected chi connectivity index (χ4v) is 1.72. The van der Waals surface area contributed by atoms with Crippen molar-refractivity contribution in [2.75, 3.05) is 13.6 Å². The first-order valence-electron chi connectivity index (χ1n) is 5.49. The predicted molar refractivity (Wildman–Crippen MR) is 65.3 cm³/mol. The molecule has 0 saturated carbocycles. The molecule has 0 aliphatic heterocycles. The molecule has 0 fully saturated rings. The van der Waals surface area contributed by atoms with E-state index in [0.717, 1.165) is 5.39 Å². The Morgan fingerprint density at radius 3 is 2.94 bits per heavy atom. The average Bonchev–Trinajstić information content (AvgIpc) is 2.82. The minimum absolute atomic E-state index is 0.0683. The maximum absolute atomic E-state index is 12.2. The lowest BCUT2D eigenvalue weighted by Gasteiger charge is -2.16. The molecule has 0 bridgehead atoms. The third-order valence-corrected chi connectivity index (χ3v) is 2.71. The standard InChI is InChI=1S/C12H13N3O3/c1-15(6-5-10(16)17)12(18)9-4-2-3-8-7-13-14-11(8)9/h2-4,7H,5-6H2,1H3,(H,13,14)(H,16,17). The summed E-state index contributed by atoms with van der Waals surface area (Å²) in [5.41, 5.74) is 1.17. The molecule has 0 saturated heterocycles. The minimum Gasteiger partial charge on any atom is -0.481 e. The van der Waals surface area contributed by atoms with Crippen molar-refractivity contribution < 1.29 is 14.7 Å². The van der Waals surface area contributed by atoms with Crippen LogP contribution in [-0.2, 0) is 4.79 Å². The number of aromatic amines is 1. The second-order valence-electron chi connectivity index (χ2n) is 4.01. The SMILES string of the molecule is CN(CCC(=O)O)C(=O)c1cccc2cn[nH]c12. The first-order chi connectivity index (χ1) is 8.59. The lowest BCUT2D eigenvalue weighted by atomic mass is 10.1. The molecule has 0 aliphatic rings. The fourth-order valence-electron chi connectivity index (χ4n) is 1.72. The summed E-state index contributed by atoms with van der Waals surface area (Å²) in [6, 6.07) is 5.32. The van der Waals surface area contributed by atoms with Crippen LogP contribution in [0.15, 0.2) is 24.4 Å². The van der Waals surface area contributed by atoms with E-state index in [1.807, 2.05) is 6.07 Å². The van der Waals surface area contributed by atoms with Crippen LogP contribution >= 0.6 is 0 Å². The monoisotopic (exact) mass is 247 g/mol. The molecule has 1 aromatic carbocycles. The number of hydrogen-bond acceptors (Lipinski definition) is 3. The summed E-state index contributed by atoms with van der Waals surface area (Å²) in [4.78, 5) is 24.0. The number of benzene rings is 1.